The Hall–Kier alpha value is -1.58. The van der Waals surface area contributed by atoms with Gasteiger partial charge >= 0.3 is 5.97 Å². The summed E-state index contributed by atoms with van der Waals surface area (Å²) in [5.41, 5.74) is 0.121. The van der Waals surface area contributed by atoms with Crippen molar-refractivity contribution in [1.82, 2.24) is 0 Å². The smallest absolute Gasteiger partial charge is 0.305 e. The molecular weight excluding hydrogens is 443 g/mol. The summed E-state index contributed by atoms with van der Waals surface area (Å²) in [6.07, 6.45) is 2.70. The molecule has 1 saturated carbocycles. The Morgan fingerprint density at radius 1 is 1.15 bits per heavy atom. The molecule has 0 radical (unpaired) electrons. The summed E-state index contributed by atoms with van der Waals surface area (Å²) >= 11 is 0. The van der Waals surface area contributed by atoms with E-state index in [4.69, 9.17) is 28.7 Å². The number of hydrogen-bond acceptors (Lipinski definition) is 7. The number of halogens is 1. The second-order valence-corrected chi connectivity index (χ2v) is 10.6. The molecule has 4 heterocycles. The van der Waals surface area contributed by atoms with Crippen LogP contribution in [0, 0.1) is 29.5 Å². The Bertz CT molecular complexity index is 894. The summed E-state index contributed by atoms with van der Waals surface area (Å²) in [5, 5.41) is 0. The normalized spacial score (nSPS) is 41.9. The number of carbonyl (C=O) groups excluding carboxylic acids is 1. The molecule has 0 amide bonds. The highest BCUT2D eigenvalue weighted by Gasteiger charge is 2.69. The van der Waals surface area contributed by atoms with Crippen molar-refractivity contribution in [3.8, 4) is 0 Å². The molecule has 1 aromatic rings. The van der Waals surface area contributed by atoms with Crippen molar-refractivity contribution in [2.24, 2.45) is 23.7 Å². The van der Waals surface area contributed by atoms with E-state index in [1.165, 1.54) is 19.2 Å². The van der Waals surface area contributed by atoms with Crippen molar-refractivity contribution in [2.75, 3.05) is 7.11 Å². The standard InChI is InChI=1S/C26H35FO7/c1-15-5-10-20-16(2)23(31-24-26(20)19(15)13-14-25(3,32-24)33-34-26)30-21(11-12-22(28)29-4)17-6-8-18(27)9-7-17/h6-9,15-16,19-21,23-24H,5,10-14H2,1-4H3/t15-,16-,19+,20?,21?,23+,24-,25?,26?/m1/s1. The highest BCUT2D eigenvalue weighted by Crippen LogP contribution is 2.60. The summed E-state index contributed by atoms with van der Waals surface area (Å²) in [6, 6.07) is 6.17. The highest BCUT2D eigenvalue weighted by molar-refractivity contribution is 5.69. The molecule has 0 N–H and O–H groups in total. The molecule has 1 aliphatic carbocycles. The van der Waals surface area contributed by atoms with Gasteiger partial charge in [-0.1, -0.05) is 26.0 Å². The first kappa shape index (κ1) is 24.1. The van der Waals surface area contributed by atoms with Gasteiger partial charge in [0.05, 0.1) is 13.2 Å². The first-order valence-corrected chi connectivity index (χ1v) is 12.4. The molecule has 8 heteroatoms. The molecule has 0 aromatic heterocycles. The average Bonchev–Trinajstić information content (AvgIpc) is 3.06. The quantitative estimate of drug-likeness (QED) is 0.419. The van der Waals surface area contributed by atoms with Crippen LogP contribution in [0.25, 0.3) is 0 Å². The van der Waals surface area contributed by atoms with Crippen molar-refractivity contribution in [2.45, 2.75) is 89.4 Å². The number of methoxy groups -OCH3 is 1. The zero-order valence-electron chi connectivity index (χ0n) is 20.3. The monoisotopic (exact) mass is 478 g/mol. The molecule has 4 unspecified atom stereocenters. The Morgan fingerprint density at radius 2 is 1.91 bits per heavy atom. The number of hydrogen-bond donors (Lipinski definition) is 0. The van der Waals surface area contributed by atoms with Gasteiger partial charge in [0.15, 0.2) is 18.2 Å². The van der Waals surface area contributed by atoms with Crippen molar-refractivity contribution >= 4 is 5.97 Å². The van der Waals surface area contributed by atoms with E-state index < -0.39 is 30.1 Å². The van der Waals surface area contributed by atoms with Gasteiger partial charge in [0.25, 0.3) is 0 Å². The van der Waals surface area contributed by atoms with Crippen LogP contribution < -0.4 is 0 Å². The summed E-state index contributed by atoms with van der Waals surface area (Å²) in [4.78, 5) is 23.9. The second-order valence-electron chi connectivity index (χ2n) is 10.6. The Labute approximate surface area is 200 Å². The van der Waals surface area contributed by atoms with Crippen LogP contribution in [0.15, 0.2) is 24.3 Å². The van der Waals surface area contributed by atoms with E-state index in [1.54, 1.807) is 12.1 Å². The number of benzene rings is 1. The van der Waals surface area contributed by atoms with Crippen LogP contribution in [0.2, 0.25) is 0 Å². The number of carbonyl (C=O) groups is 1. The Balaban J connectivity index is 1.42. The van der Waals surface area contributed by atoms with Gasteiger partial charge < -0.3 is 18.9 Å². The van der Waals surface area contributed by atoms with Crippen LogP contribution in [-0.2, 0) is 33.5 Å². The maximum absolute atomic E-state index is 13.6. The lowest BCUT2D eigenvalue weighted by Gasteiger charge is -2.60. The molecule has 34 heavy (non-hydrogen) atoms. The molecule has 6 rings (SSSR count). The van der Waals surface area contributed by atoms with Crippen LogP contribution in [0.4, 0.5) is 4.39 Å². The Kier molecular flexibility index (Phi) is 6.48. The third-order valence-electron chi connectivity index (χ3n) is 8.48. The first-order chi connectivity index (χ1) is 16.3. The summed E-state index contributed by atoms with van der Waals surface area (Å²) < 4.78 is 37.9. The van der Waals surface area contributed by atoms with E-state index in [2.05, 4.69) is 13.8 Å². The topological polar surface area (TPSA) is 72.5 Å². The van der Waals surface area contributed by atoms with Gasteiger partial charge in [-0.25, -0.2) is 14.2 Å². The summed E-state index contributed by atoms with van der Waals surface area (Å²) in [5.74, 6) is -0.613. The van der Waals surface area contributed by atoms with Gasteiger partial charge in [0.2, 0.25) is 5.79 Å². The van der Waals surface area contributed by atoms with Crippen LogP contribution >= 0.6 is 0 Å². The minimum absolute atomic E-state index is 0.00183. The second kappa shape index (κ2) is 9.13. The fraction of sp³-hybridized carbons (Fsp3) is 0.731. The summed E-state index contributed by atoms with van der Waals surface area (Å²) in [7, 11) is 1.36. The van der Waals surface area contributed by atoms with Gasteiger partial charge in [-0.3, -0.25) is 4.79 Å². The zero-order chi connectivity index (χ0) is 24.1. The molecule has 1 aromatic carbocycles. The van der Waals surface area contributed by atoms with Gasteiger partial charge in [-0.2, -0.15) is 0 Å². The summed E-state index contributed by atoms with van der Waals surface area (Å²) in [6.45, 7) is 6.30. The van der Waals surface area contributed by atoms with E-state index in [-0.39, 0.29) is 36.0 Å². The fourth-order valence-corrected chi connectivity index (χ4v) is 6.53. The Morgan fingerprint density at radius 3 is 2.65 bits per heavy atom. The third-order valence-corrected chi connectivity index (χ3v) is 8.48. The molecule has 5 aliphatic rings. The lowest BCUT2D eigenvalue weighted by molar-refractivity contribution is -0.578. The number of ether oxygens (including phenoxy) is 4. The lowest BCUT2D eigenvalue weighted by atomic mass is 9.58. The van der Waals surface area contributed by atoms with Gasteiger partial charge in [0.1, 0.15) is 5.82 Å². The largest absolute Gasteiger partial charge is 0.469 e. The van der Waals surface area contributed by atoms with Gasteiger partial charge in [0, 0.05) is 24.7 Å². The van der Waals surface area contributed by atoms with Crippen LogP contribution in [-0.4, -0.2) is 37.0 Å². The molecule has 9 atom stereocenters. The number of rotatable bonds is 6. The molecule has 188 valence electrons. The van der Waals surface area contributed by atoms with Gasteiger partial charge in [-0.05, 0) is 62.1 Å². The van der Waals surface area contributed by atoms with Crippen molar-refractivity contribution in [3.05, 3.63) is 35.6 Å². The molecule has 5 fully saturated rings. The average molecular weight is 479 g/mol. The van der Waals surface area contributed by atoms with Crippen LogP contribution in [0.1, 0.15) is 71.0 Å². The molecule has 1 spiro atoms. The molecule has 2 bridgehead atoms. The van der Waals surface area contributed by atoms with E-state index in [0.717, 1.165) is 31.2 Å². The van der Waals surface area contributed by atoms with Crippen LogP contribution in [0.3, 0.4) is 0 Å². The molecule has 4 saturated heterocycles. The van der Waals surface area contributed by atoms with Crippen molar-refractivity contribution in [3.63, 3.8) is 0 Å². The molecular formula is C26H35FO7. The fourth-order valence-electron chi connectivity index (χ4n) is 6.53. The number of fused-ring (bicyclic) bond motifs is 2. The predicted octanol–water partition coefficient (Wildman–Crippen LogP) is 5.04. The molecule has 4 aliphatic heterocycles. The van der Waals surface area contributed by atoms with Crippen LogP contribution in [0.5, 0.6) is 0 Å². The van der Waals surface area contributed by atoms with Gasteiger partial charge in [-0.15, -0.1) is 0 Å². The lowest BCUT2D eigenvalue weighted by Crippen LogP contribution is -2.70. The van der Waals surface area contributed by atoms with E-state index in [9.17, 15) is 9.18 Å². The minimum atomic E-state index is -0.857. The van der Waals surface area contributed by atoms with E-state index in [0.29, 0.717) is 12.3 Å². The van der Waals surface area contributed by atoms with Crippen molar-refractivity contribution in [1.29, 1.82) is 0 Å². The first-order valence-electron chi connectivity index (χ1n) is 12.4. The predicted molar refractivity (Wildman–Crippen MR) is 118 cm³/mol. The maximum Gasteiger partial charge on any atom is 0.305 e. The van der Waals surface area contributed by atoms with Crippen molar-refractivity contribution < 1.29 is 37.9 Å². The minimum Gasteiger partial charge on any atom is -0.469 e. The SMILES string of the molecule is COC(=O)CCC(O[C@H]1O[C@@H]2OC3(C)CC[C@H]4[C@H](C)CCC([C@H]1C)C24OO3)c1ccc(F)cc1. The zero-order valence-corrected chi connectivity index (χ0v) is 20.3. The molecule has 7 nitrogen and oxygen atoms in total. The number of esters is 1. The highest BCUT2D eigenvalue weighted by atomic mass is 19.1. The van der Waals surface area contributed by atoms with E-state index >= 15 is 0 Å². The van der Waals surface area contributed by atoms with E-state index in [1.807, 2.05) is 6.92 Å². The maximum atomic E-state index is 13.6. The third kappa shape index (κ3) is 4.07.